The van der Waals surface area contributed by atoms with Crippen LogP contribution >= 0.6 is 0 Å². The molecule has 85 valence electrons. The average molecular weight is 213 g/mol. The van der Waals surface area contributed by atoms with E-state index in [-0.39, 0.29) is 0 Å². The molecule has 0 amide bonds. The summed E-state index contributed by atoms with van der Waals surface area (Å²) in [4.78, 5) is 0. The second-order valence-electron chi connectivity index (χ2n) is 5.48. The molecule has 0 N–H and O–H groups in total. The first-order valence-electron chi connectivity index (χ1n) is 6.40. The van der Waals surface area contributed by atoms with E-state index >= 15 is 0 Å². The molecule has 0 aromatic carbocycles. The van der Waals surface area contributed by atoms with Crippen LogP contribution in [0.25, 0.3) is 0 Å². The first-order chi connectivity index (χ1) is 6.56. The Balaban J connectivity index is 2.99. The van der Waals surface area contributed by atoms with E-state index in [1.807, 2.05) is 0 Å². The lowest BCUT2D eigenvalue weighted by molar-refractivity contribution is 0.590. The summed E-state index contributed by atoms with van der Waals surface area (Å²) in [5.74, 6) is 0. The van der Waals surface area contributed by atoms with E-state index in [0.717, 1.165) is 0 Å². The van der Waals surface area contributed by atoms with Crippen LogP contribution in [0.1, 0.15) is 58.3 Å². The predicted octanol–water partition coefficient (Wildman–Crippen LogP) is 5.21. The molecule has 0 atom stereocenters. The van der Waals surface area contributed by atoms with E-state index in [9.17, 15) is 0 Å². The zero-order chi connectivity index (χ0) is 10.9. The Morgan fingerprint density at radius 1 is 0.786 bits per heavy atom. The Morgan fingerprint density at radius 2 is 1.29 bits per heavy atom. The summed E-state index contributed by atoms with van der Waals surface area (Å²) in [5, 5.41) is 0. The summed E-state index contributed by atoms with van der Waals surface area (Å²) < 4.78 is 0. The smallest absolute Gasteiger partial charge is 0.0473 e. The molecule has 0 rings (SSSR count). The van der Waals surface area contributed by atoms with Crippen LogP contribution in [0.4, 0.5) is 0 Å². The summed E-state index contributed by atoms with van der Waals surface area (Å²) in [5.41, 5.74) is 0. The number of hydrogen-bond acceptors (Lipinski definition) is 0. The number of unbranched alkanes of at least 4 members (excludes halogenated alkanes) is 7. The highest BCUT2D eigenvalue weighted by Crippen LogP contribution is 2.13. The van der Waals surface area contributed by atoms with Gasteiger partial charge in [0.2, 0.25) is 0 Å². The van der Waals surface area contributed by atoms with Crippen molar-refractivity contribution in [3.63, 3.8) is 0 Å². The van der Waals surface area contributed by atoms with Gasteiger partial charge in [0.15, 0.2) is 0 Å². The van der Waals surface area contributed by atoms with Gasteiger partial charge in [-0.2, -0.15) is 0 Å². The molecule has 0 aromatic heterocycles. The van der Waals surface area contributed by atoms with Crippen molar-refractivity contribution in [2.45, 2.75) is 77.9 Å². The van der Waals surface area contributed by atoms with Crippen LogP contribution in [0.15, 0.2) is 0 Å². The van der Waals surface area contributed by atoms with Crippen molar-refractivity contribution in [1.29, 1.82) is 0 Å². The third-order valence-corrected chi connectivity index (χ3v) is 4.08. The third-order valence-electron chi connectivity index (χ3n) is 2.56. The molecular formula is C13H29Si. The van der Waals surface area contributed by atoms with Gasteiger partial charge in [-0.1, -0.05) is 77.9 Å². The van der Waals surface area contributed by atoms with Crippen molar-refractivity contribution in [1.82, 2.24) is 0 Å². The Bertz CT molecular complexity index is 113. The van der Waals surface area contributed by atoms with Crippen molar-refractivity contribution in [2.24, 2.45) is 0 Å². The average Bonchev–Trinajstić information content (AvgIpc) is 2.08. The van der Waals surface area contributed by atoms with E-state index < -0.39 is 8.07 Å². The first-order valence-corrected chi connectivity index (χ1v) is 9.98. The molecule has 0 saturated carbocycles. The van der Waals surface area contributed by atoms with Crippen LogP contribution in [0.2, 0.25) is 19.6 Å². The lowest BCUT2D eigenvalue weighted by atomic mass is 10.1. The minimum Gasteiger partial charge on any atom is -0.0693 e. The van der Waals surface area contributed by atoms with Crippen LogP contribution < -0.4 is 0 Å². The predicted molar refractivity (Wildman–Crippen MR) is 70.3 cm³/mol. The SMILES string of the molecule is CCCCCCCCC[CH][Si](C)(C)C. The standard InChI is InChI=1S/C13H29Si/c1-5-6-7-8-9-10-11-12-13-14(2,3)4/h13H,5-12H2,1-4H3. The van der Waals surface area contributed by atoms with Gasteiger partial charge in [-0.3, -0.25) is 0 Å². The van der Waals surface area contributed by atoms with Crippen molar-refractivity contribution in [3.05, 3.63) is 6.04 Å². The van der Waals surface area contributed by atoms with Crippen LogP contribution in [0.5, 0.6) is 0 Å². The molecule has 0 aromatic rings. The largest absolute Gasteiger partial charge is 0.0693 e. The van der Waals surface area contributed by atoms with Crippen LogP contribution in [0.3, 0.4) is 0 Å². The fourth-order valence-corrected chi connectivity index (χ4v) is 2.71. The van der Waals surface area contributed by atoms with Gasteiger partial charge in [-0.15, -0.1) is 0 Å². The van der Waals surface area contributed by atoms with Gasteiger partial charge in [-0.05, 0) is 6.04 Å². The fraction of sp³-hybridized carbons (Fsp3) is 0.923. The molecule has 0 heterocycles. The Hall–Kier alpha value is 0.217. The van der Waals surface area contributed by atoms with E-state index in [1.54, 1.807) is 0 Å². The Morgan fingerprint density at radius 3 is 1.79 bits per heavy atom. The molecule has 0 fully saturated rings. The minimum absolute atomic E-state index is 0.863. The molecule has 0 nitrogen and oxygen atoms in total. The topological polar surface area (TPSA) is 0 Å². The summed E-state index contributed by atoms with van der Waals surface area (Å²) in [7, 11) is -0.863. The molecule has 14 heavy (non-hydrogen) atoms. The van der Waals surface area contributed by atoms with Crippen molar-refractivity contribution in [3.8, 4) is 0 Å². The lowest BCUT2D eigenvalue weighted by Crippen LogP contribution is -2.20. The van der Waals surface area contributed by atoms with Crippen molar-refractivity contribution in [2.75, 3.05) is 0 Å². The van der Waals surface area contributed by atoms with Gasteiger partial charge < -0.3 is 0 Å². The summed E-state index contributed by atoms with van der Waals surface area (Å²) in [6.07, 6.45) is 11.4. The third kappa shape index (κ3) is 12.2. The molecule has 0 aliphatic carbocycles. The molecule has 0 aliphatic rings. The molecule has 1 heteroatoms. The lowest BCUT2D eigenvalue weighted by Gasteiger charge is -2.14. The number of hydrogen-bond donors (Lipinski definition) is 0. The molecule has 0 unspecified atom stereocenters. The zero-order valence-corrected chi connectivity index (χ0v) is 11.7. The highest BCUT2D eigenvalue weighted by atomic mass is 28.3. The summed E-state index contributed by atoms with van der Waals surface area (Å²) in [6.45, 7) is 9.56. The maximum atomic E-state index is 2.60. The van der Waals surface area contributed by atoms with E-state index in [0.29, 0.717) is 0 Å². The number of rotatable bonds is 9. The molecule has 0 saturated heterocycles. The normalized spacial score (nSPS) is 12.0. The maximum absolute atomic E-state index is 2.60. The van der Waals surface area contributed by atoms with E-state index in [4.69, 9.17) is 0 Å². The fourth-order valence-electron chi connectivity index (χ4n) is 1.64. The van der Waals surface area contributed by atoms with Crippen molar-refractivity contribution < 1.29 is 0 Å². The van der Waals surface area contributed by atoms with Gasteiger partial charge >= 0.3 is 0 Å². The monoisotopic (exact) mass is 213 g/mol. The molecule has 1 radical (unpaired) electrons. The van der Waals surface area contributed by atoms with Gasteiger partial charge in [0.25, 0.3) is 0 Å². The quantitative estimate of drug-likeness (QED) is 0.364. The van der Waals surface area contributed by atoms with Crippen LogP contribution in [-0.4, -0.2) is 8.07 Å². The van der Waals surface area contributed by atoms with Crippen LogP contribution in [-0.2, 0) is 0 Å². The van der Waals surface area contributed by atoms with Gasteiger partial charge in [0.1, 0.15) is 0 Å². The van der Waals surface area contributed by atoms with Gasteiger partial charge in [-0.25, -0.2) is 0 Å². The molecule has 0 aliphatic heterocycles. The zero-order valence-electron chi connectivity index (χ0n) is 10.7. The van der Waals surface area contributed by atoms with Gasteiger partial charge in [0.05, 0.1) is 0 Å². The first kappa shape index (κ1) is 14.2. The second-order valence-corrected chi connectivity index (χ2v) is 10.6. The highest BCUT2D eigenvalue weighted by Gasteiger charge is 2.11. The van der Waals surface area contributed by atoms with Gasteiger partial charge in [0, 0.05) is 8.07 Å². The summed E-state index contributed by atoms with van der Waals surface area (Å²) in [6, 6.07) is 2.60. The Kier molecular flexibility index (Phi) is 8.65. The highest BCUT2D eigenvalue weighted by molar-refractivity contribution is 6.79. The molecular weight excluding hydrogens is 184 g/mol. The second kappa shape index (κ2) is 8.52. The van der Waals surface area contributed by atoms with Crippen molar-refractivity contribution >= 4 is 8.07 Å². The van der Waals surface area contributed by atoms with Crippen LogP contribution in [0, 0.1) is 6.04 Å². The molecule has 0 spiro atoms. The summed E-state index contributed by atoms with van der Waals surface area (Å²) >= 11 is 0. The molecule has 0 bridgehead atoms. The van der Waals surface area contributed by atoms with E-state index in [2.05, 4.69) is 32.6 Å². The van der Waals surface area contributed by atoms with E-state index in [1.165, 1.54) is 51.4 Å². The maximum Gasteiger partial charge on any atom is 0.0473 e. The minimum atomic E-state index is -0.863. The Labute approximate surface area is 92.5 Å².